The molecule has 21 aromatic carbocycles. The summed E-state index contributed by atoms with van der Waals surface area (Å²) in [6.45, 7) is 0. The zero-order valence-corrected chi connectivity index (χ0v) is 80.5. The summed E-state index contributed by atoms with van der Waals surface area (Å²) in [5.41, 5.74) is 37.3. The molecule has 0 saturated carbocycles. The van der Waals surface area contributed by atoms with E-state index in [4.69, 9.17) is 44.9 Å². The first-order chi connectivity index (χ1) is 72.8. The second-order valence-corrected chi connectivity index (χ2v) is 38.1. The summed E-state index contributed by atoms with van der Waals surface area (Å²) in [6.07, 6.45) is 5.89. The standard InChI is InChI=1S/C47H29N3S.2C45H29N3/c1-2-10-30(11-3-1)31-20-22-32(23-21-31)44-46-45(41-18-6-7-19-43(41)51-46)50-47(49-44)37-16-9-15-35(27-37)33-13-8-14-34(26-33)36-24-25-40-39-17-5-4-12-38(39)29-48-42(40)28-36;1-2-10-30(11-3-1)31-20-22-32(23-21-31)44-45(48-42-19-7-6-18-41(42)47-44)37-16-9-15-35(27-37)33-13-8-14-34(26-33)36-24-25-40-39-17-5-4-12-38(39)29-46-43(40)28-36;1-2-10-30(11-3-1)31-20-22-32(23-21-31)44-41-18-6-7-19-42(41)47-45(48-44)37-16-9-15-35(27-37)33-13-8-14-34(26-33)36-24-25-40-39-17-5-4-12-38(39)29-46-43(40)28-36/h1-29H;2*1-29H. The number of benzene rings is 21. The van der Waals surface area contributed by atoms with Crippen LogP contribution in [0.3, 0.4) is 0 Å². The summed E-state index contributed by atoms with van der Waals surface area (Å²) >= 11 is 1.76. The molecule has 0 fully saturated rings. The van der Waals surface area contributed by atoms with Crippen LogP contribution >= 0.6 is 11.3 Å². The number of para-hydroxylation sites is 3. The van der Waals surface area contributed by atoms with Gasteiger partial charge in [-0.1, -0.05) is 431 Å². The van der Waals surface area contributed by atoms with Gasteiger partial charge in [0.25, 0.3) is 0 Å². The second-order valence-electron chi connectivity index (χ2n) is 37.0. The summed E-state index contributed by atoms with van der Waals surface area (Å²) in [5, 5.41) is 12.8. The molecule has 0 aliphatic rings. The zero-order chi connectivity index (χ0) is 97.5. The molecule has 0 radical (unpaired) electrons. The van der Waals surface area contributed by atoms with Crippen LogP contribution < -0.4 is 0 Å². The van der Waals surface area contributed by atoms with Gasteiger partial charge in [-0.3, -0.25) is 15.0 Å². The summed E-state index contributed by atoms with van der Waals surface area (Å²) in [4.78, 5) is 45.4. The fraction of sp³-hybridized carbons (Fsp3) is 0. The van der Waals surface area contributed by atoms with Crippen LogP contribution in [0, 0.1) is 0 Å². The van der Waals surface area contributed by atoms with Gasteiger partial charge in [0, 0.05) is 99.8 Å². The SMILES string of the molecule is c1ccc(-c2ccc(-c3nc(-c4cccc(-c5cccc(-c6ccc7c(c6)ncc6ccccc67)c5)c4)nc4c3sc3ccccc34)cc2)cc1.c1ccc(-c2ccc(-c3nc(-c4cccc(-c5cccc(-c6ccc7c(c6)ncc6ccccc67)c5)c4)nc4ccccc34)cc2)cc1.c1ccc(-c2ccc(-c3nc4ccccc4nc3-c3cccc(-c4cccc(-c5ccc6c(c5)ncc5ccccc56)c4)c3)cc2)cc1. The van der Waals surface area contributed by atoms with Gasteiger partial charge in [-0.05, 0) is 195 Å². The van der Waals surface area contributed by atoms with Crippen molar-refractivity contribution in [2.45, 2.75) is 0 Å². The molecular weight excluding hydrogens is 1800 g/mol. The van der Waals surface area contributed by atoms with E-state index in [1.807, 2.05) is 67.1 Å². The molecule has 0 atom stereocenters. The highest BCUT2D eigenvalue weighted by atomic mass is 32.1. The molecule has 0 amide bonds. The average molecular weight is 1890 g/mol. The Bertz CT molecular complexity index is 9930. The van der Waals surface area contributed by atoms with Crippen LogP contribution in [0.5, 0.6) is 0 Å². The van der Waals surface area contributed by atoms with E-state index in [1.54, 1.807) is 11.3 Å². The van der Waals surface area contributed by atoms with E-state index in [-0.39, 0.29) is 0 Å². The molecule has 147 heavy (non-hydrogen) atoms. The van der Waals surface area contributed by atoms with Crippen LogP contribution in [-0.4, -0.2) is 44.9 Å². The number of pyridine rings is 3. The molecule has 9 nitrogen and oxygen atoms in total. The van der Waals surface area contributed by atoms with Crippen molar-refractivity contribution in [1.82, 2.24) is 44.9 Å². The third kappa shape index (κ3) is 17.6. The largest absolute Gasteiger partial charge is 0.256 e. The van der Waals surface area contributed by atoms with Gasteiger partial charge in [0.2, 0.25) is 0 Å². The summed E-state index contributed by atoms with van der Waals surface area (Å²) in [7, 11) is 0. The first-order valence-electron chi connectivity index (χ1n) is 49.5. The summed E-state index contributed by atoms with van der Waals surface area (Å²) in [5.74, 6) is 1.43. The maximum atomic E-state index is 5.28. The highest BCUT2D eigenvalue weighted by molar-refractivity contribution is 7.26. The number of rotatable bonds is 15. The monoisotopic (exact) mass is 1890 g/mol. The lowest BCUT2D eigenvalue weighted by molar-refractivity contribution is 1.23. The number of hydrogen-bond donors (Lipinski definition) is 0. The normalized spacial score (nSPS) is 11.4. The van der Waals surface area contributed by atoms with Crippen molar-refractivity contribution in [2.75, 3.05) is 0 Å². The smallest absolute Gasteiger partial charge is 0.160 e. The third-order valence-corrected chi connectivity index (χ3v) is 29.1. The number of fused-ring (bicyclic) bond motifs is 14. The van der Waals surface area contributed by atoms with Gasteiger partial charge >= 0.3 is 0 Å². The van der Waals surface area contributed by atoms with Gasteiger partial charge in [0.1, 0.15) is 0 Å². The Morgan fingerprint density at radius 3 is 0.810 bits per heavy atom. The van der Waals surface area contributed by atoms with E-state index in [9.17, 15) is 0 Å². The Morgan fingerprint density at radius 2 is 0.401 bits per heavy atom. The molecule has 0 aliphatic heterocycles. The lowest BCUT2D eigenvalue weighted by atomic mass is 9.95. The van der Waals surface area contributed by atoms with Crippen molar-refractivity contribution >= 4 is 119 Å². The molecule has 0 aliphatic carbocycles. The van der Waals surface area contributed by atoms with Gasteiger partial charge in [-0.25, -0.2) is 29.9 Å². The molecule has 0 spiro atoms. The molecule has 0 unspecified atom stereocenters. The fourth-order valence-electron chi connectivity index (χ4n) is 20.4. The van der Waals surface area contributed by atoms with Gasteiger partial charge in [-0.2, -0.15) is 0 Å². The van der Waals surface area contributed by atoms with Crippen molar-refractivity contribution in [3.8, 4) is 168 Å². The van der Waals surface area contributed by atoms with Gasteiger partial charge < -0.3 is 0 Å². The Balaban J connectivity index is 0.000000112. The van der Waals surface area contributed by atoms with Crippen LogP contribution in [0.15, 0.2) is 528 Å². The first-order valence-corrected chi connectivity index (χ1v) is 50.3. The number of thiophene rings is 1. The first kappa shape index (κ1) is 87.8. The van der Waals surface area contributed by atoms with E-state index >= 15 is 0 Å². The predicted octanol–water partition coefficient (Wildman–Crippen LogP) is 36.2. The topological polar surface area (TPSA) is 116 Å². The van der Waals surface area contributed by atoms with E-state index in [0.717, 1.165) is 199 Å². The maximum absolute atomic E-state index is 5.28. The van der Waals surface area contributed by atoms with E-state index < -0.39 is 0 Å². The molecule has 7 aromatic heterocycles. The van der Waals surface area contributed by atoms with Crippen molar-refractivity contribution in [3.05, 3.63) is 528 Å². The Labute approximate surface area is 853 Å². The average Bonchev–Trinajstić information content (AvgIpc) is 1.66. The Morgan fingerprint density at radius 1 is 0.136 bits per heavy atom. The quantitative estimate of drug-likeness (QED) is 0.0925. The minimum absolute atomic E-state index is 0.710. The second kappa shape index (κ2) is 38.6. The van der Waals surface area contributed by atoms with Crippen LogP contribution in [0.25, 0.3) is 275 Å². The minimum Gasteiger partial charge on any atom is -0.256 e. The van der Waals surface area contributed by atoms with Crippen LogP contribution in [0.2, 0.25) is 0 Å². The van der Waals surface area contributed by atoms with E-state index in [1.165, 1.54) is 70.4 Å². The van der Waals surface area contributed by atoms with Crippen LogP contribution in [0.1, 0.15) is 0 Å². The summed E-state index contributed by atoms with van der Waals surface area (Å²) in [6, 6.07) is 179. The predicted molar refractivity (Wildman–Crippen MR) is 614 cm³/mol. The summed E-state index contributed by atoms with van der Waals surface area (Å²) < 4.78 is 2.32. The molecule has 686 valence electrons. The van der Waals surface area contributed by atoms with Crippen molar-refractivity contribution in [2.24, 2.45) is 0 Å². The fourth-order valence-corrected chi connectivity index (χ4v) is 21.5. The van der Waals surface area contributed by atoms with Gasteiger partial charge in [0.15, 0.2) is 11.6 Å². The molecule has 10 heteroatoms. The zero-order valence-electron chi connectivity index (χ0n) is 79.7. The van der Waals surface area contributed by atoms with Crippen molar-refractivity contribution in [1.29, 1.82) is 0 Å². The van der Waals surface area contributed by atoms with Gasteiger partial charge in [-0.15, -0.1) is 11.3 Å². The lowest BCUT2D eigenvalue weighted by Crippen LogP contribution is -1.96. The number of aromatic nitrogens is 9. The number of nitrogens with zero attached hydrogens (tertiary/aromatic N) is 9. The molecular formula is C137H87N9S. The Kier molecular flexibility index (Phi) is 23.0. The molecule has 28 rings (SSSR count). The van der Waals surface area contributed by atoms with E-state index in [2.05, 4.69) is 461 Å². The maximum Gasteiger partial charge on any atom is 0.160 e. The van der Waals surface area contributed by atoms with Crippen LogP contribution in [0.4, 0.5) is 0 Å². The van der Waals surface area contributed by atoms with Crippen molar-refractivity contribution < 1.29 is 0 Å². The molecule has 7 heterocycles. The Hall–Kier alpha value is -19.4. The third-order valence-electron chi connectivity index (χ3n) is 27.9. The molecule has 0 N–H and O–H groups in total. The highest BCUT2D eigenvalue weighted by Crippen LogP contribution is 2.45. The molecule has 28 aromatic rings. The minimum atomic E-state index is 0.710. The molecule has 0 saturated heterocycles. The van der Waals surface area contributed by atoms with E-state index in [0.29, 0.717) is 5.82 Å². The van der Waals surface area contributed by atoms with Crippen LogP contribution in [-0.2, 0) is 0 Å². The number of hydrogen-bond acceptors (Lipinski definition) is 10. The van der Waals surface area contributed by atoms with Crippen molar-refractivity contribution in [3.63, 3.8) is 0 Å². The molecule has 0 bridgehead atoms. The lowest BCUT2D eigenvalue weighted by Gasteiger charge is -2.13. The van der Waals surface area contributed by atoms with Gasteiger partial charge in [0.05, 0.1) is 66.1 Å². The highest BCUT2D eigenvalue weighted by Gasteiger charge is 2.22.